The van der Waals surface area contributed by atoms with Crippen LogP contribution in [0.15, 0.2) is 30.6 Å². The molecule has 0 radical (unpaired) electrons. The monoisotopic (exact) mass is 352 g/mol. The van der Waals surface area contributed by atoms with Gasteiger partial charge in [0.1, 0.15) is 5.82 Å². The zero-order valence-corrected chi connectivity index (χ0v) is 15.8. The molecule has 0 spiro atoms. The van der Waals surface area contributed by atoms with Crippen LogP contribution in [0.4, 0.5) is 5.82 Å². The Labute approximate surface area is 154 Å². The van der Waals surface area contributed by atoms with Crippen LogP contribution in [0.5, 0.6) is 0 Å². The minimum Gasteiger partial charge on any atom is -0.356 e. The van der Waals surface area contributed by atoms with Crippen LogP contribution >= 0.6 is 0 Å². The Kier molecular flexibility index (Phi) is 4.91. The Bertz CT molecular complexity index is 851. The van der Waals surface area contributed by atoms with Gasteiger partial charge in [-0.05, 0) is 44.6 Å². The molecule has 1 aliphatic rings. The number of anilines is 1. The van der Waals surface area contributed by atoms with E-state index >= 15 is 0 Å². The first-order valence-electron chi connectivity index (χ1n) is 9.81. The first kappa shape index (κ1) is 17.1. The Morgan fingerprint density at radius 2 is 2.19 bits per heavy atom. The van der Waals surface area contributed by atoms with Crippen molar-refractivity contribution in [3.05, 3.63) is 42.0 Å². The highest BCUT2D eigenvalue weighted by molar-refractivity contribution is 5.52. The molecule has 4 rings (SSSR count). The van der Waals surface area contributed by atoms with Gasteiger partial charge < -0.3 is 4.90 Å². The summed E-state index contributed by atoms with van der Waals surface area (Å²) in [6.45, 7) is 7.41. The number of hydrogen-bond donors (Lipinski definition) is 0. The molecule has 0 saturated carbocycles. The summed E-state index contributed by atoms with van der Waals surface area (Å²) in [5.41, 5.74) is 3.18. The van der Waals surface area contributed by atoms with Gasteiger partial charge in [-0.3, -0.25) is 4.68 Å². The molecule has 1 saturated heterocycles. The van der Waals surface area contributed by atoms with Gasteiger partial charge in [-0.25, -0.2) is 4.98 Å². The van der Waals surface area contributed by atoms with Crippen molar-refractivity contribution in [3.63, 3.8) is 0 Å². The van der Waals surface area contributed by atoms with E-state index in [1.54, 1.807) is 0 Å². The zero-order chi connectivity index (χ0) is 17.9. The number of unbranched alkanes of at least 4 members (excludes halogenated alkanes) is 1. The number of aryl methyl sites for hydroxylation is 2. The molecule has 0 unspecified atom stereocenters. The molecule has 0 N–H and O–H groups in total. The van der Waals surface area contributed by atoms with Crippen molar-refractivity contribution in [2.45, 2.75) is 52.5 Å². The Morgan fingerprint density at radius 3 is 3.00 bits per heavy atom. The van der Waals surface area contributed by atoms with E-state index in [1.807, 2.05) is 16.8 Å². The number of hydrogen-bond acceptors (Lipinski definition) is 4. The van der Waals surface area contributed by atoms with Gasteiger partial charge >= 0.3 is 0 Å². The molecular weight excluding hydrogens is 324 g/mol. The molecule has 0 aromatic carbocycles. The third-order valence-corrected chi connectivity index (χ3v) is 5.22. The molecule has 0 amide bonds. The third kappa shape index (κ3) is 3.59. The van der Waals surface area contributed by atoms with Crippen molar-refractivity contribution in [1.29, 1.82) is 0 Å². The van der Waals surface area contributed by atoms with Crippen molar-refractivity contribution in [2.24, 2.45) is 5.92 Å². The predicted octanol–water partition coefficient (Wildman–Crippen LogP) is 3.49. The second-order valence-corrected chi connectivity index (χ2v) is 7.45. The molecule has 26 heavy (non-hydrogen) atoms. The molecule has 6 heteroatoms. The maximum Gasteiger partial charge on any atom is 0.157 e. The fourth-order valence-corrected chi connectivity index (χ4v) is 3.93. The third-order valence-electron chi connectivity index (χ3n) is 5.22. The van der Waals surface area contributed by atoms with Crippen molar-refractivity contribution < 1.29 is 0 Å². The molecule has 0 bridgehead atoms. The highest BCUT2D eigenvalue weighted by Gasteiger charge is 2.23. The first-order valence-corrected chi connectivity index (χ1v) is 9.81. The standard InChI is InChI=1S/C20H28N6/c1-3-4-8-18-13-19-22-16(2)12-20(26(19)23-18)24-10-5-7-17(14-24)15-25-11-6-9-21-25/h6,9,11-13,17H,3-5,7-8,10,14-15H2,1-2H3/t17-/m0/s1. The van der Waals surface area contributed by atoms with Crippen molar-refractivity contribution in [3.8, 4) is 0 Å². The van der Waals surface area contributed by atoms with Gasteiger partial charge in [-0.2, -0.15) is 14.7 Å². The van der Waals surface area contributed by atoms with Crippen LogP contribution in [-0.4, -0.2) is 37.5 Å². The topological polar surface area (TPSA) is 51.2 Å². The van der Waals surface area contributed by atoms with Crippen LogP contribution in [0.3, 0.4) is 0 Å². The summed E-state index contributed by atoms with van der Waals surface area (Å²) >= 11 is 0. The predicted molar refractivity (Wildman–Crippen MR) is 104 cm³/mol. The van der Waals surface area contributed by atoms with E-state index in [-0.39, 0.29) is 0 Å². The van der Waals surface area contributed by atoms with E-state index < -0.39 is 0 Å². The maximum absolute atomic E-state index is 4.86. The molecule has 6 nitrogen and oxygen atoms in total. The highest BCUT2D eigenvalue weighted by atomic mass is 15.4. The Morgan fingerprint density at radius 1 is 1.27 bits per heavy atom. The lowest BCUT2D eigenvalue weighted by Gasteiger charge is -2.34. The lowest BCUT2D eigenvalue weighted by Crippen LogP contribution is -2.38. The van der Waals surface area contributed by atoms with E-state index in [4.69, 9.17) is 10.1 Å². The van der Waals surface area contributed by atoms with Crippen molar-refractivity contribution in [2.75, 3.05) is 18.0 Å². The van der Waals surface area contributed by atoms with Gasteiger partial charge in [0.25, 0.3) is 0 Å². The molecular formula is C20H28N6. The molecule has 3 aromatic rings. The van der Waals surface area contributed by atoms with Crippen LogP contribution < -0.4 is 4.90 Å². The lowest BCUT2D eigenvalue weighted by atomic mass is 9.98. The Balaban J connectivity index is 1.59. The van der Waals surface area contributed by atoms with E-state index in [2.05, 4.69) is 46.9 Å². The fourth-order valence-electron chi connectivity index (χ4n) is 3.93. The summed E-state index contributed by atoms with van der Waals surface area (Å²) in [7, 11) is 0. The van der Waals surface area contributed by atoms with Gasteiger partial charge in [0.15, 0.2) is 5.65 Å². The number of fused-ring (bicyclic) bond motifs is 1. The average molecular weight is 352 g/mol. The lowest BCUT2D eigenvalue weighted by molar-refractivity contribution is 0.350. The second-order valence-electron chi connectivity index (χ2n) is 7.45. The highest BCUT2D eigenvalue weighted by Crippen LogP contribution is 2.25. The molecule has 1 aliphatic heterocycles. The minimum absolute atomic E-state index is 0.613. The van der Waals surface area contributed by atoms with Gasteiger partial charge in [0.2, 0.25) is 0 Å². The number of nitrogens with zero attached hydrogens (tertiary/aromatic N) is 6. The largest absolute Gasteiger partial charge is 0.356 e. The van der Waals surface area contributed by atoms with Gasteiger partial charge in [-0.1, -0.05) is 13.3 Å². The molecule has 1 atom stereocenters. The number of aromatic nitrogens is 5. The van der Waals surface area contributed by atoms with Crippen LogP contribution in [-0.2, 0) is 13.0 Å². The fraction of sp³-hybridized carbons (Fsp3) is 0.550. The number of rotatable bonds is 6. The SMILES string of the molecule is CCCCc1cc2nc(C)cc(N3CCC[C@H](Cn4cccn4)C3)n2n1. The quantitative estimate of drug-likeness (QED) is 0.681. The van der Waals surface area contributed by atoms with Gasteiger partial charge in [-0.15, -0.1) is 0 Å². The number of piperidine rings is 1. The summed E-state index contributed by atoms with van der Waals surface area (Å²) in [5, 5.41) is 9.24. The minimum atomic E-state index is 0.613. The summed E-state index contributed by atoms with van der Waals surface area (Å²) in [6, 6.07) is 6.33. The molecule has 1 fully saturated rings. The van der Waals surface area contributed by atoms with Crippen molar-refractivity contribution in [1.82, 2.24) is 24.4 Å². The van der Waals surface area contributed by atoms with Gasteiger partial charge in [0.05, 0.1) is 5.69 Å². The van der Waals surface area contributed by atoms with Crippen molar-refractivity contribution >= 4 is 11.5 Å². The summed E-state index contributed by atoms with van der Waals surface area (Å²) < 4.78 is 4.10. The molecule has 4 heterocycles. The normalized spacial score (nSPS) is 17.9. The zero-order valence-electron chi connectivity index (χ0n) is 15.8. The van der Waals surface area contributed by atoms with E-state index in [0.717, 1.165) is 43.1 Å². The summed E-state index contributed by atoms with van der Waals surface area (Å²) in [5.74, 6) is 1.79. The smallest absolute Gasteiger partial charge is 0.157 e. The molecule has 0 aliphatic carbocycles. The van der Waals surface area contributed by atoms with Crippen LogP contribution in [0.1, 0.15) is 44.0 Å². The van der Waals surface area contributed by atoms with Crippen LogP contribution in [0, 0.1) is 12.8 Å². The second kappa shape index (κ2) is 7.48. The van der Waals surface area contributed by atoms with Crippen LogP contribution in [0.2, 0.25) is 0 Å². The van der Waals surface area contributed by atoms with E-state index in [0.29, 0.717) is 5.92 Å². The van der Waals surface area contributed by atoms with E-state index in [1.165, 1.54) is 31.5 Å². The summed E-state index contributed by atoms with van der Waals surface area (Å²) in [4.78, 5) is 7.18. The van der Waals surface area contributed by atoms with Gasteiger partial charge in [0, 0.05) is 49.9 Å². The Hall–Kier alpha value is -2.37. The average Bonchev–Trinajstić information content (AvgIpc) is 3.28. The molecule has 138 valence electrons. The summed E-state index contributed by atoms with van der Waals surface area (Å²) in [6.07, 6.45) is 9.77. The first-order chi connectivity index (χ1) is 12.7. The van der Waals surface area contributed by atoms with E-state index in [9.17, 15) is 0 Å². The van der Waals surface area contributed by atoms with Crippen LogP contribution in [0.25, 0.3) is 5.65 Å². The molecule has 3 aromatic heterocycles. The maximum atomic E-state index is 4.86.